The predicted molar refractivity (Wildman–Crippen MR) is 72.2 cm³/mol. The standard InChI is InChI=1S/2C7H7NO2.Zn/c2*1-5-4-6(8-10)2-3-7(5)9;/h2*2-4,9H,1H3;/q;;+2/p-2. The van der Waals surface area contributed by atoms with Crippen LogP contribution in [0.4, 0.5) is 11.4 Å². The summed E-state index contributed by atoms with van der Waals surface area (Å²) in [6.07, 6.45) is 0. The Balaban J connectivity index is 0.000000364. The van der Waals surface area contributed by atoms with Gasteiger partial charge in [-0.2, -0.15) is 0 Å². The van der Waals surface area contributed by atoms with Gasteiger partial charge in [-0.3, -0.25) is 0 Å². The topological polar surface area (TPSA) is 105 Å². The van der Waals surface area contributed by atoms with Crippen LogP contribution in [0.5, 0.6) is 11.5 Å². The molecule has 0 bridgehead atoms. The van der Waals surface area contributed by atoms with E-state index in [1.165, 1.54) is 36.4 Å². The molecule has 2 rings (SSSR count). The number of benzene rings is 2. The van der Waals surface area contributed by atoms with Crippen molar-refractivity contribution in [2.75, 3.05) is 0 Å². The molecule has 0 aromatic heterocycles. The summed E-state index contributed by atoms with van der Waals surface area (Å²) in [5, 5.41) is 26.9. The van der Waals surface area contributed by atoms with Crippen LogP contribution in [0.15, 0.2) is 46.8 Å². The van der Waals surface area contributed by atoms with Crippen LogP contribution in [0.25, 0.3) is 0 Å². The molecule has 0 radical (unpaired) electrons. The molecule has 0 saturated carbocycles. The molecule has 0 heterocycles. The van der Waals surface area contributed by atoms with Crippen LogP contribution in [0, 0.1) is 23.7 Å². The fourth-order valence-electron chi connectivity index (χ4n) is 1.38. The maximum atomic E-state index is 10.7. The van der Waals surface area contributed by atoms with E-state index in [1.54, 1.807) is 13.8 Å². The molecule has 0 aliphatic heterocycles. The zero-order valence-corrected chi connectivity index (χ0v) is 14.7. The van der Waals surface area contributed by atoms with Gasteiger partial charge in [0.2, 0.25) is 0 Å². The maximum absolute atomic E-state index is 10.7. The summed E-state index contributed by atoms with van der Waals surface area (Å²) in [5.41, 5.74) is 1.71. The number of hydrogen-bond donors (Lipinski definition) is 0. The molecule has 104 valence electrons. The molecule has 21 heavy (non-hydrogen) atoms. The van der Waals surface area contributed by atoms with Gasteiger partial charge in [-0.15, -0.1) is 21.3 Å². The number of nitrogens with zero attached hydrogens (tertiary/aromatic N) is 2. The van der Waals surface area contributed by atoms with E-state index in [9.17, 15) is 20.0 Å². The van der Waals surface area contributed by atoms with E-state index >= 15 is 0 Å². The molecule has 0 amide bonds. The molecule has 0 spiro atoms. The average Bonchev–Trinajstić information content (AvgIpc) is 2.45. The second-order valence-corrected chi connectivity index (χ2v) is 4.08. The summed E-state index contributed by atoms with van der Waals surface area (Å²) in [6, 6.07) is 8.42. The SMILES string of the molecule is Cc1cc(N=O)ccc1[O-].Cc1cc(N=O)ccc1[O-].[Zn+2]. The molecule has 2 aromatic rings. The van der Waals surface area contributed by atoms with E-state index < -0.39 is 0 Å². The first kappa shape index (κ1) is 18.9. The van der Waals surface area contributed by atoms with Gasteiger partial charge in [-0.1, -0.05) is 23.3 Å². The number of rotatable bonds is 2. The van der Waals surface area contributed by atoms with Gasteiger partial charge in [-0.25, -0.2) is 0 Å². The Hall–Kier alpha value is -2.14. The van der Waals surface area contributed by atoms with Crippen LogP contribution in [-0.4, -0.2) is 0 Å². The molecule has 6 nitrogen and oxygen atoms in total. The summed E-state index contributed by atoms with van der Waals surface area (Å²) in [4.78, 5) is 19.8. The molecule has 7 heteroatoms. The third kappa shape index (κ3) is 5.79. The van der Waals surface area contributed by atoms with Crippen molar-refractivity contribution in [1.29, 1.82) is 0 Å². The van der Waals surface area contributed by atoms with Crippen molar-refractivity contribution < 1.29 is 29.7 Å². The molecular weight excluding hydrogens is 326 g/mol. The van der Waals surface area contributed by atoms with Crippen molar-refractivity contribution in [2.24, 2.45) is 10.4 Å². The monoisotopic (exact) mass is 336 g/mol. The second kappa shape index (κ2) is 8.92. The van der Waals surface area contributed by atoms with Crippen molar-refractivity contribution in [2.45, 2.75) is 13.8 Å². The van der Waals surface area contributed by atoms with E-state index in [0.29, 0.717) is 22.5 Å². The van der Waals surface area contributed by atoms with Gasteiger partial charge < -0.3 is 10.2 Å². The number of aryl methyl sites for hydroxylation is 2. The molecule has 0 unspecified atom stereocenters. The first-order valence-electron chi connectivity index (χ1n) is 5.70. The summed E-state index contributed by atoms with van der Waals surface area (Å²) in [7, 11) is 0. The van der Waals surface area contributed by atoms with Gasteiger partial charge in [-0.05, 0) is 48.5 Å². The van der Waals surface area contributed by atoms with E-state index in [0.717, 1.165) is 0 Å². The van der Waals surface area contributed by atoms with Gasteiger partial charge in [0.15, 0.2) is 0 Å². The van der Waals surface area contributed by atoms with Crippen LogP contribution in [0.2, 0.25) is 0 Å². The molecule has 0 N–H and O–H groups in total. The smallest absolute Gasteiger partial charge is 0.872 e. The minimum absolute atomic E-state index is 0. The Labute approximate surface area is 134 Å². The third-order valence-corrected chi connectivity index (χ3v) is 2.53. The summed E-state index contributed by atoms with van der Waals surface area (Å²) in [6.45, 7) is 3.30. The van der Waals surface area contributed by atoms with E-state index in [1.807, 2.05) is 0 Å². The van der Waals surface area contributed by atoms with Gasteiger partial charge in [0.25, 0.3) is 0 Å². The molecule has 0 atom stereocenters. The molecular formula is C14H12N2O4Zn. The largest absolute Gasteiger partial charge is 2.00 e. The van der Waals surface area contributed by atoms with Crippen LogP contribution in [-0.2, 0) is 19.5 Å². The Morgan fingerprint density at radius 2 is 1.10 bits per heavy atom. The zero-order chi connectivity index (χ0) is 15.1. The van der Waals surface area contributed by atoms with Crippen LogP contribution < -0.4 is 10.2 Å². The minimum Gasteiger partial charge on any atom is -0.872 e. The predicted octanol–water partition coefficient (Wildman–Crippen LogP) is 2.93. The van der Waals surface area contributed by atoms with Crippen molar-refractivity contribution in [3.63, 3.8) is 0 Å². The fourth-order valence-corrected chi connectivity index (χ4v) is 1.38. The molecule has 0 fully saturated rings. The Morgan fingerprint density at radius 3 is 1.33 bits per heavy atom. The van der Waals surface area contributed by atoms with Crippen LogP contribution in [0.1, 0.15) is 11.1 Å². The Morgan fingerprint density at radius 1 is 0.762 bits per heavy atom. The van der Waals surface area contributed by atoms with Crippen LogP contribution >= 0.6 is 0 Å². The van der Waals surface area contributed by atoms with E-state index in [-0.39, 0.29) is 31.0 Å². The first-order chi connectivity index (χ1) is 9.47. The maximum Gasteiger partial charge on any atom is 2.00 e. The second-order valence-electron chi connectivity index (χ2n) is 4.08. The van der Waals surface area contributed by atoms with Crippen molar-refractivity contribution in [1.82, 2.24) is 0 Å². The number of hydrogen-bond acceptors (Lipinski definition) is 6. The molecule has 0 saturated heterocycles. The quantitative estimate of drug-likeness (QED) is 0.620. The van der Waals surface area contributed by atoms with E-state index in [4.69, 9.17) is 0 Å². The third-order valence-electron chi connectivity index (χ3n) is 2.53. The summed E-state index contributed by atoms with van der Waals surface area (Å²) >= 11 is 0. The van der Waals surface area contributed by atoms with Gasteiger partial charge >= 0.3 is 19.5 Å². The minimum atomic E-state index is -0.0626. The normalized spacial score (nSPS) is 8.86. The molecule has 0 aliphatic rings. The van der Waals surface area contributed by atoms with Crippen molar-refractivity contribution >= 4 is 11.4 Å². The summed E-state index contributed by atoms with van der Waals surface area (Å²) < 4.78 is 0. The molecule has 2 aromatic carbocycles. The van der Waals surface area contributed by atoms with Gasteiger partial charge in [0, 0.05) is 0 Å². The van der Waals surface area contributed by atoms with Crippen molar-refractivity contribution in [3.05, 3.63) is 57.3 Å². The van der Waals surface area contributed by atoms with E-state index in [2.05, 4.69) is 10.4 Å². The van der Waals surface area contributed by atoms with Gasteiger partial charge in [0.1, 0.15) is 11.4 Å². The zero-order valence-electron chi connectivity index (χ0n) is 11.7. The van der Waals surface area contributed by atoms with Crippen molar-refractivity contribution in [3.8, 4) is 11.5 Å². The Bertz CT molecular complexity index is 577. The fraction of sp³-hybridized carbons (Fsp3) is 0.143. The Kier molecular flexibility index (Phi) is 8.01. The van der Waals surface area contributed by atoms with Gasteiger partial charge in [0.05, 0.1) is 0 Å². The average molecular weight is 338 g/mol. The first-order valence-corrected chi connectivity index (χ1v) is 5.70. The number of nitroso groups, excluding NO2 is 2. The molecule has 0 aliphatic carbocycles. The summed E-state index contributed by atoms with van der Waals surface area (Å²) in [5.74, 6) is -0.125. The van der Waals surface area contributed by atoms with Crippen LogP contribution in [0.3, 0.4) is 0 Å².